The van der Waals surface area contributed by atoms with Crippen molar-refractivity contribution in [3.05, 3.63) is 242 Å². The summed E-state index contributed by atoms with van der Waals surface area (Å²) in [6, 6.07) is 82.4. The van der Waals surface area contributed by atoms with Gasteiger partial charge >= 0.3 is 0 Å². The van der Waals surface area contributed by atoms with Crippen LogP contribution in [0.4, 0.5) is 34.1 Å². The van der Waals surface area contributed by atoms with Crippen LogP contribution >= 0.6 is 34.8 Å². The summed E-state index contributed by atoms with van der Waals surface area (Å²) in [5.74, 6) is 0. The van der Waals surface area contributed by atoms with Gasteiger partial charge in [0.2, 0.25) is 0 Å². The molecular formula is C58H40N6S3. The molecule has 6 nitrogen and oxygen atoms in total. The zero-order valence-electron chi connectivity index (χ0n) is 36.0. The number of fused-ring (bicyclic) bond motifs is 2. The highest BCUT2D eigenvalue weighted by Crippen LogP contribution is 2.41. The van der Waals surface area contributed by atoms with Crippen molar-refractivity contribution in [2.24, 2.45) is 0 Å². The fourth-order valence-electron chi connectivity index (χ4n) is 8.46. The minimum absolute atomic E-state index is 0.946. The van der Waals surface area contributed by atoms with E-state index in [-0.39, 0.29) is 0 Å². The van der Waals surface area contributed by atoms with Crippen molar-refractivity contribution in [3.8, 4) is 43.8 Å². The second kappa shape index (κ2) is 19.2. The molecule has 0 radical (unpaired) electrons. The molecule has 0 saturated heterocycles. The van der Waals surface area contributed by atoms with E-state index in [1.807, 2.05) is 30.3 Å². The minimum atomic E-state index is 0.946. The van der Waals surface area contributed by atoms with Gasteiger partial charge in [0.1, 0.15) is 22.1 Å². The van der Waals surface area contributed by atoms with Crippen molar-refractivity contribution in [3.63, 3.8) is 0 Å². The first kappa shape index (κ1) is 41.6. The monoisotopic (exact) mass is 916 g/mol. The summed E-state index contributed by atoms with van der Waals surface area (Å²) in [6.07, 6.45) is 0. The smallest absolute Gasteiger partial charge is 0.114 e. The Kier molecular flexibility index (Phi) is 11.9. The highest BCUT2D eigenvalue weighted by molar-refractivity contribution is 7.13. The molecule has 0 fully saturated rings. The van der Waals surface area contributed by atoms with E-state index in [4.69, 9.17) is 0 Å². The lowest BCUT2D eigenvalue weighted by atomic mass is 9.97. The summed E-state index contributed by atoms with van der Waals surface area (Å²) >= 11 is 4.27. The second-order valence-electron chi connectivity index (χ2n) is 15.7. The molecule has 320 valence electrons. The molecule has 9 aromatic carbocycles. The highest BCUT2D eigenvalue weighted by atomic mass is 32.1. The standard InChI is InChI=1S/C30H21N3S.C28H19N3S2/c1-4-10-22(11-5-1)27-20-21-28(30-29(27)31-34-32-30)23-16-18-26(19-17-23)33(24-12-6-2-7-13-24)25-14-8-3-9-15-25;1-3-8-21(9-4-1)31(22-10-5-2-6-11-22)23-15-13-20(14-16-23)24-17-18-25(26-12-7-19-32-26)28-27(24)29-33-30-28/h1-21H;1-19H. The molecule has 0 bridgehead atoms. The second-order valence-corrected chi connectivity index (χ2v) is 17.7. The molecule has 3 heterocycles. The molecule has 67 heavy (non-hydrogen) atoms. The molecule has 9 heteroatoms. The Morgan fingerprint density at radius 1 is 0.254 bits per heavy atom. The van der Waals surface area contributed by atoms with Gasteiger partial charge in [0.25, 0.3) is 0 Å². The first-order chi connectivity index (χ1) is 33.3. The van der Waals surface area contributed by atoms with Crippen molar-refractivity contribution in [2.75, 3.05) is 9.80 Å². The Balaban J connectivity index is 0.000000148. The van der Waals surface area contributed by atoms with Gasteiger partial charge in [-0.05, 0) is 101 Å². The topological polar surface area (TPSA) is 58.0 Å². The Bertz CT molecular complexity index is 3410. The van der Waals surface area contributed by atoms with Crippen molar-refractivity contribution in [1.29, 1.82) is 0 Å². The lowest BCUT2D eigenvalue weighted by Crippen LogP contribution is -2.09. The number of thiophene rings is 1. The first-order valence-electron chi connectivity index (χ1n) is 21.9. The van der Waals surface area contributed by atoms with Crippen LogP contribution in [0.25, 0.3) is 65.9 Å². The third-order valence-electron chi connectivity index (χ3n) is 11.6. The number of hydrogen-bond donors (Lipinski definition) is 0. The van der Waals surface area contributed by atoms with Gasteiger partial charge in [-0.3, -0.25) is 0 Å². The maximum absolute atomic E-state index is 4.65. The van der Waals surface area contributed by atoms with Crippen LogP contribution in [-0.2, 0) is 0 Å². The quantitative estimate of drug-likeness (QED) is 0.136. The fraction of sp³-hybridized carbons (Fsp3) is 0. The summed E-state index contributed by atoms with van der Waals surface area (Å²) < 4.78 is 18.5. The summed E-state index contributed by atoms with van der Waals surface area (Å²) in [4.78, 5) is 5.75. The first-order valence-corrected chi connectivity index (χ1v) is 24.2. The molecule has 0 saturated carbocycles. The van der Waals surface area contributed by atoms with Crippen LogP contribution in [0.2, 0.25) is 0 Å². The molecule has 0 atom stereocenters. The van der Waals surface area contributed by atoms with Gasteiger partial charge < -0.3 is 9.80 Å². The van der Waals surface area contributed by atoms with Gasteiger partial charge in [-0.25, -0.2) is 0 Å². The lowest BCUT2D eigenvalue weighted by molar-refractivity contribution is 1.28. The van der Waals surface area contributed by atoms with Crippen LogP contribution in [0.5, 0.6) is 0 Å². The van der Waals surface area contributed by atoms with E-state index in [0.29, 0.717) is 0 Å². The van der Waals surface area contributed by atoms with Crippen molar-refractivity contribution in [1.82, 2.24) is 17.5 Å². The average molecular weight is 917 g/mol. The highest BCUT2D eigenvalue weighted by Gasteiger charge is 2.18. The van der Waals surface area contributed by atoms with E-state index in [0.717, 1.165) is 95.1 Å². The van der Waals surface area contributed by atoms with E-state index in [2.05, 4.69) is 239 Å². The third kappa shape index (κ3) is 8.62. The summed E-state index contributed by atoms with van der Waals surface area (Å²) in [5.41, 5.74) is 18.4. The van der Waals surface area contributed by atoms with E-state index >= 15 is 0 Å². The Hall–Kier alpha value is -8.08. The molecule has 0 aliphatic rings. The predicted molar refractivity (Wildman–Crippen MR) is 284 cm³/mol. The molecule has 12 rings (SSSR count). The summed E-state index contributed by atoms with van der Waals surface area (Å²) in [5, 5.41) is 2.10. The SMILES string of the molecule is c1ccc(-c2ccc(-c3ccc(N(c4ccccc4)c4ccccc4)cc3)c3nsnc23)cc1.c1ccc(N(c2ccccc2)c2ccc(-c3ccc(-c4cccs4)c4nsnc34)cc2)cc1. The number of aromatic nitrogens is 4. The van der Waals surface area contributed by atoms with Gasteiger partial charge in [-0.1, -0.05) is 158 Å². The lowest BCUT2D eigenvalue weighted by Gasteiger charge is -2.25. The van der Waals surface area contributed by atoms with Crippen LogP contribution in [0, 0.1) is 0 Å². The number of hydrogen-bond acceptors (Lipinski definition) is 9. The summed E-state index contributed by atoms with van der Waals surface area (Å²) in [6.45, 7) is 0. The fourth-order valence-corrected chi connectivity index (χ4v) is 10.4. The van der Waals surface area contributed by atoms with Crippen LogP contribution in [-0.4, -0.2) is 17.5 Å². The Morgan fingerprint density at radius 3 is 0.896 bits per heavy atom. The third-order valence-corrected chi connectivity index (χ3v) is 13.6. The summed E-state index contributed by atoms with van der Waals surface area (Å²) in [7, 11) is 0. The minimum Gasteiger partial charge on any atom is -0.311 e. The molecule has 0 spiro atoms. The van der Waals surface area contributed by atoms with Crippen LogP contribution < -0.4 is 9.80 Å². The van der Waals surface area contributed by atoms with E-state index in [1.165, 1.54) is 28.3 Å². The van der Waals surface area contributed by atoms with Gasteiger partial charge in [0.05, 0.1) is 23.5 Å². The number of anilines is 6. The maximum Gasteiger partial charge on any atom is 0.114 e. The van der Waals surface area contributed by atoms with Crippen LogP contribution in [0.3, 0.4) is 0 Å². The molecule has 0 aliphatic heterocycles. The van der Waals surface area contributed by atoms with Crippen LogP contribution in [0.1, 0.15) is 0 Å². The number of nitrogens with zero attached hydrogens (tertiary/aromatic N) is 6. The maximum atomic E-state index is 4.65. The molecule has 0 amide bonds. The molecule has 0 unspecified atom stereocenters. The number of para-hydroxylation sites is 4. The molecule has 12 aromatic rings. The van der Waals surface area contributed by atoms with E-state index in [1.54, 1.807) is 11.3 Å². The van der Waals surface area contributed by atoms with Crippen molar-refractivity contribution in [2.45, 2.75) is 0 Å². The van der Waals surface area contributed by atoms with Gasteiger partial charge in [-0.15, -0.1) is 11.3 Å². The number of rotatable bonds is 10. The Morgan fingerprint density at radius 2 is 0.552 bits per heavy atom. The molecule has 3 aromatic heterocycles. The largest absolute Gasteiger partial charge is 0.311 e. The average Bonchev–Trinajstić information content (AvgIpc) is 4.23. The Labute approximate surface area is 401 Å². The van der Waals surface area contributed by atoms with Crippen molar-refractivity contribution < 1.29 is 0 Å². The van der Waals surface area contributed by atoms with Gasteiger partial charge in [-0.2, -0.15) is 17.5 Å². The zero-order chi connectivity index (χ0) is 44.8. The van der Waals surface area contributed by atoms with Gasteiger partial charge in [0.15, 0.2) is 0 Å². The van der Waals surface area contributed by atoms with Gasteiger partial charge in [0, 0.05) is 61.3 Å². The normalized spacial score (nSPS) is 11.0. The molecular weight excluding hydrogens is 877 g/mol. The van der Waals surface area contributed by atoms with E-state index < -0.39 is 0 Å². The predicted octanol–water partition coefficient (Wildman–Crippen LogP) is 17.1. The number of benzene rings is 9. The van der Waals surface area contributed by atoms with E-state index in [9.17, 15) is 0 Å². The molecule has 0 N–H and O–H groups in total. The zero-order valence-corrected chi connectivity index (χ0v) is 38.5. The molecule has 0 aliphatic carbocycles. The van der Waals surface area contributed by atoms with Crippen LogP contribution in [0.15, 0.2) is 242 Å². The van der Waals surface area contributed by atoms with Crippen molar-refractivity contribution >= 4 is 91.0 Å².